The molecular weight excluding hydrogens is 226 g/mol. The highest BCUT2D eigenvalue weighted by atomic mass is 16.2. The summed E-state index contributed by atoms with van der Waals surface area (Å²) in [5.74, 6) is 0.300. The van der Waals surface area contributed by atoms with E-state index in [0.717, 1.165) is 39.0 Å². The van der Waals surface area contributed by atoms with Crippen molar-refractivity contribution in [2.24, 2.45) is 0 Å². The highest BCUT2D eigenvalue weighted by Crippen LogP contribution is 2.12. The Morgan fingerprint density at radius 2 is 2.17 bits per heavy atom. The number of unbranched alkanes of at least 4 members (excludes halogenated alkanes) is 1. The molecule has 0 bridgehead atoms. The summed E-state index contributed by atoms with van der Waals surface area (Å²) in [5.41, 5.74) is 0. The number of likely N-dealkylation sites (N-methyl/N-ethyl adjacent to an activating group) is 1. The summed E-state index contributed by atoms with van der Waals surface area (Å²) >= 11 is 0. The number of likely N-dealkylation sites (tertiary alicyclic amines) is 1. The van der Waals surface area contributed by atoms with Gasteiger partial charge in [-0.1, -0.05) is 6.92 Å². The van der Waals surface area contributed by atoms with Crippen LogP contribution in [0.1, 0.15) is 40.0 Å². The van der Waals surface area contributed by atoms with Gasteiger partial charge in [0.2, 0.25) is 5.91 Å². The lowest BCUT2D eigenvalue weighted by molar-refractivity contribution is -0.129. The lowest BCUT2D eigenvalue weighted by Crippen LogP contribution is -2.38. The Balaban J connectivity index is 2.15. The SMILES string of the molecule is CCNC1CCN(CCCCN(C)C(C)C)C1=O. The van der Waals surface area contributed by atoms with Crippen molar-refractivity contribution >= 4 is 5.91 Å². The number of carbonyl (C=O) groups excluding carboxylic acids is 1. The third-order valence-corrected chi connectivity index (χ3v) is 3.82. The van der Waals surface area contributed by atoms with Gasteiger partial charge in [-0.2, -0.15) is 0 Å². The van der Waals surface area contributed by atoms with Gasteiger partial charge in [0.25, 0.3) is 0 Å². The fourth-order valence-corrected chi connectivity index (χ4v) is 2.32. The molecule has 0 aromatic rings. The van der Waals surface area contributed by atoms with E-state index in [0.29, 0.717) is 11.9 Å². The van der Waals surface area contributed by atoms with Gasteiger partial charge < -0.3 is 15.1 Å². The van der Waals surface area contributed by atoms with Crippen LogP contribution in [0.25, 0.3) is 0 Å². The average molecular weight is 255 g/mol. The summed E-state index contributed by atoms with van der Waals surface area (Å²) in [5, 5.41) is 3.25. The molecule has 0 aromatic carbocycles. The van der Waals surface area contributed by atoms with E-state index in [9.17, 15) is 4.79 Å². The molecule has 1 aliphatic heterocycles. The smallest absolute Gasteiger partial charge is 0.239 e. The zero-order valence-corrected chi connectivity index (χ0v) is 12.4. The summed E-state index contributed by atoms with van der Waals surface area (Å²) in [4.78, 5) is 16.4. The maximum absolute atomic E-state index is 12.0. The van der Waals surface area contributed by atoms with Gasteiger partial charge in [-0.3, -0.25) is 4.79 Å². The first kappa shape index (κ1) is 15.4. The largest absolute Gasteiger partial charge is 0.341 e. The highest BCUT2D eigenvalue weighted by molar-refractivity contribution is 5.83. The zero-order chi connectivity index (χ0) is 13.5. The predicted octanol–water partition coefficient (Wildman–Crippen LogP) is 1.32. The highest BCUT2D eigenvalue weighted by Gasteiger charge is 2.29. The van der Waals surface area contributed by atoms with Crippen molar-refractivity contribution in [1.82, 2.24) is 15.1 Å². The first-order chi connectivity index (χ1) is 8.56. The van der Waals surface area contributed by atoms with Crippen LogP contribution in [0.2, 0.25) is 0 Å². The van der Waals surface area contributed by atoms with Crippen molar-refractivity contribution in [3.63, 3.8) is 0 Å². The molecule has 106 valence electrons. The minimum Gasteiger partial charge on any atom is -0.341 e. The molecule has 0 aliphatic carbocycles. The van der Waals surface area contributed by atoms with E-state index in [1.807, 2.05) is 4.90 Å². The quantitative estimate of drug-likeness (QED) is 0.664. The molecule has 1 amide bonds. The van der Waals surface area contributed by atoms with Crippen LogP contribution in [0, 0.1) is 0 Å². The van der Waals surface area contributed by atoms with E-state index in [2.05, 4.69) is 38.0 Å². The Hall–Kier alpha value is -0.610. The van der Waals surface area contributed by atoms with E-state index in [1.165, 1.54) is 6.42 Å². The minimum absolute atomic E-state index is 0.0772. The number of nitrogens with one attached hydrogen (secondary N) is 1. The minimum atomic E-state index is 0.0772. The second-order valence-corrected chi connectivity index (χ2v) is 5.51. The van der Waals surface area contributed by atoms with Crippen LogP contribution in [0.3, 0.4) is 0 Å². The molecule has 18 heavy (non-hydrogen) atoms. The van der Waals surface area contributed by atoms with Crippen LogP contribution < -0.4 is 5.32 Å². The number of hydrogen-bond acceptors (Lipinski definition) is 3. The van der Waals surface area contributed by atoms with Crippen LogP contribution in [-0.2, 0) is 4.79 Å². The van der Waals surface area contributed by atoms with Gasteiger partial charge in [0, 0.05) is 19.1 Å². The molecule has 1 N–H and O–H groups in total. The monoisotopic (exact) mass is 255 g/mol. The number of hydrogen-bond donors (Lipinski definition) is 1. The Kier molecular flexibility index (Phi) is 6.65. The Morgan fingerprint density at radius 3 is 2.78 bits per heavy atom. The second-order valence-electron chi connectivity index (χ2n) is 5.51. The van der Waals surface area contributed by atoms with Gasteiger partial charge in [-0.05, 0) is 53.2 Å². The van der Waals surface area contributed by atoms with Crippen LogP contribution >= 0.6 is 0 Å². The molecule has 1 saturated heterocycles. The first-order valence-corrected chi connectivity index (χ1v) is 7.28. The molecule has 1 fully saturated rings. The molecular formula is C14H29N3O. The molecule has 1 atom stereocenters. The maximum Gasteiger partial charge on any atom is 0.239 e. The average Bonchev–Trinajstić information content (AvgIpc) is 2.67. The summed E-state index contributed by atoms with van der Waals surface area (Å²) in [6, 6.07) is 0.685. The third kappa shape index (κ3) is 4.58. The summed E-state index contributed by atoms with van der Waals surface area (Å²) in [6.07, 6.45) is 3.25. The summed E-state index contributed by atoms with van der Waals surface area (Å²) in [7, 11) is 2.16. The predicted molar refractivity (Wildman–Crippen MR) is 75.7 cm³/mol. The molecule has 4 nitrogen and oxygen atoms in total. The molecule has 1 rings (SSSR count). The summed E-state index contributed by atoms with van der Waals surface area (Å²) < 4.78 is 0. The van der Waals surface area contributed by atoms with E-state index in [-0.39, 0.29) is 6.04 Å². The van der Waals surface area contributed by atoms with Crippen LogP contribution in [-0.4, -0.2) is 61.0 Å². The van der Waals surface area contributed by atoms with Crippen molar-refractivity contribution in [1.29, 1.82) is 0 Å². The normalized spacial score (nSPS) is 20.4. The molecule has 4 heteroatoms. The molecule has 1 heterocycles. The van der Waals surface area contributed by atoms with Crippen molar-refractivity contribution in [2.75, 3.05) is 33.2 Å². The van der Waals surface area contributed by atoms with Crippen LogP contribution in [0.15, 0.2) is 0 Å². The van der Waals surface area contributed by atoms with Crippen molar-refractivity contribution in [3.05, 3.63) is 0 Å². The van der Waals surface area contributed by atoms with E-state index in [1.54, 1.807) is 0 Å². The second kappa shape index (κ2) is 7.74. The number of nitrogens with zero attached hydrogens (tertiary/aromatic N) is 2. The van der Waals surface area contributed by atoms with Gasteiger partial charge in [0.15, 0.2) is 0 Å². The van der Waals surface area contributed by atoms with Crippen LogP contribution in [0.4, 0.5) is 0 Å². The molecule has 0 radical (unpaired) electrons. The van der Waals surface area contributed by atoms with Gasteiger partial charge >= 0.3 is 0 Å². The Morgan fingerprint density at radius 1 is 1.44 bits per heavy atom. The molecule has 0 saturated carbocycles. The van der Waals surface area contributed by atoms with Crippen LogP contribution in [0.5, 0.6) is 0 Å². The maximum atomic E-state index is 12.0. The van der Waals surface area contributed by atoms with E-state index < -0.39 is 0 Å². The number of carbonyl (C=O) groups is 1. The number of rotatable bonds is 8. The lowest BCUT2D eigenvalue weighted by atomic mass is 10.2. The first-order valence-electron chi connectivity index (χ1n) is 7.28. The molecule has 1 aliphatic rings. The van der Waals surface area contributed by atoms with E-state index in [4.69, 9.17) is 0 Å². The Labute approximate surface area is 112 Å². The topological polar surface area (TPSA) is 35.6 Å². The third-order valence-electron chi connectivity index (χ3n) is 3.82. The standard InChI is InChI=1S/C14H29N3O/c1-5-15-13-8-11-17(14(13)18)10-7-6-9-16(4)12(2)3/h12-13,15H,5-11H2,1-4H3. The molecule has 1 unspecified atom stereocenters. The van der Waals surface area contributed by atoms with E-state index >= 15 is 0 Å². The van der Waals surface area contributed by atoms with Gasteiger partial charge in [0.05, 0.1) is 6.04 Å². The van der Waals surface area contributed by atoms with Crippen molar-refractivity contribution < 1.29 is 4.79 Å². The van der Waals surface area contributed by atoms with Gasteiger partial charge in [-0.15, -0.1) is 0 Å². The van der Waals surface area contributed by atoms with Gasteiger partial charge in [0.1, 0.15) is 0 Å². The fraction of sp³-hybridized carbons (Fsp3) is 0.929. The zero-order valence-electron chi connectivity index (χ0n) is 12.4. The fourth-order valence-electron chi connectivity index (χ4n) is 2.32. The van der Waals surface area contributed by atoms with Crippen molar-refractivity contribution in [3.8, 4) is 0 Å². The Bertz CT molecular complexity index is 255. The lowest BCUT2D eigenvalue weighted by Gasteiger charge is -2.22. The molecule has 0 aromatic heterocycles. The number of amides is 1. The molecule has 0 spiro atoms. The summed E-state index contributed by atoms with van der Waals surface area (Å²) in [6.45, 7) is 10.3. The van der Waals surface area contributed by atoms with Gasteiger partial charge in [-0.25, -0.2) is 0 Å². The van der Waals surface area contributed by atoms with Crippen molar-refractivity contribution in [2.45, 2.75) is 52.1 Å².